The number of hydrogen-bond donors (Lipinski definition) is 2. The summed E-state index contributed by atoms with van der Waals surface area (Å²) in [6.45, 7) is 1.48. The van der Waals surface area contributed by atoms with Crippen molar-refractivity contribution >= 4 is 42.5 Å². The fourth-order valence-electron chi connectivity index (χ4n) is 2.56. The van der Waals surface area contributed by atoms with Gasteiger partial charge in [-0.15, -0.1) is 0 Å². The van der Waals surface area contributed by atoms with Gasteiger partial charge in [0, 0.05) is 16.1 Å². The molecule has 7 heteroatoms. The van der Waals surface area contributed by atoms with E-state index in [1.807, 2.05) is 18.2 Å². The monoisotopic (exact) mass is 369 g/mol. The number of sulfonamides is 1. The molecule has 0 unspecified atom stereocenters. The Morgan fingerprint density at radius 3 is 2.81 bits per heavy atom. The summed E-state index contributed by atoms with van der Waals surface area (Å²) in [6, 6.07) is 7.42. The molecule has 5 nitrogen and oxygen atoms in total. The van der Waals surface area contributed by atoms with Gasteiger partial charge in [0.15, 0.2) is 0 Å². The molecule has 1 aliphatic rings. The molecule has 2 aromatic rings. The predicted octanol–water partition coefficient (Wildman–Crippen LogP) is 2.49. The SMILES string of the molecule is O=S(=O)(Nc1cccc2cc(Br)cnc12)C1CCNCC1. The first-order chi connectivity index (χ1) is 10.1. The van der Waals surface area contributed by atoms with Crippen molar-refractivity contribution in [2.45, 2.75) is 18.1 Å². The standard InChI is InChI=1S/C14H16BrN3O2S/c15-11-8-10-2-1-3-13(14(10)17-9-11)18-21(19,20)12-4-6-16-7-5-12/h1-3,8-9,12,16,18H,4-7H2. The minimum atomic E-state index is -3.38. The Morgan fingerprint density at radius 1 is 1.29 bits per heavy atom. The van der Waals surface area contributed by atoms with Crippen molar-refractivity contribution in [2.75, 3.05) is 17.8 Å². The third kappa shape index (κ3) is 3.20. The van der Waals surface area contributed by atoms with Crippen molar-refractivity contribution in [3.8, 4) is 0 Å². The van der Waals surface area contributed by atoms with Gasteiger partial charge < -0.3 is 5.32 Å². The lowest BCUT2D eigenvalue weighted by atomic mass is 10.2. The van der Waals surface area contributed by atoms with Crippen LogP contribution in [0.5, 0.6) is 0 Å². The maximum absolute atomic E-state index is 12.5. The molecule has 3 rings (SSSR count). The number of para-hydroxylation sites is 1. The Balaban J connectivity index is 1.94. The smallest absolute Gasteiger partial charge is 0.235 e. The van der Waals surface area contributed by atoms with E-state index < -0.39 is 10.0 Å². The Kier molecular flexibility index (Phi) is 4.14. The van der Waals surface area contributed by atoms with Gasteiger partial charge in [-0.25, -0.2) is 8.42 Å². The largest absolute Gasteiger partial charge is 0.317 e. The van der Waals surface area contributed by atoms with Crippen LogP contribution in [0.15, 0.2) is 34.9 Å². The second-order valence-corrected chi connectivity index (χ2v) is 8.00. The Labute approximate surface area is 132 Å². The molecule has 21 heavy (non-hydrogen) atoms. The van der Waals surface area contributed by atoms with Crippen LogP contribution in [0.1, 0.15) is 12.8 Å². The molecule has 0 radical (unpaired) electrons. The zero-order chi connectivity index (χ0) is 14.9. The van der Waals surface area contributed by atoms with E-state index in [0.717, 1.165) is 22.9 Å². The summed E-state index contributed by atoms with van der Waals surface area (Å²) in [5.74, 6) is 0. The van der Waals surface area contributed by atoms with Crippen LogP contribution < -0.4 is 10.0 Å². The van der Waals surface area contributed by atoms with Crippen molar-refractivity contribution < 1.29 is 8.42 Å². The summed E-state index contributed by atoms with van der Waals surface area (Å²) < 4.78 is 28.6. The second-order valence-electron chi connectivity index (χ2n) is 5.13. The van der Waals surface area contributed by atoms with Gasteiger partial charge >= 0.3 is 0 Å². The first kappa shape index (κ1) is 14.7. The Bertz CT molecular complexity index is 758. The number of anilines is 1. The van der Waals surface area contributed by atoms with Crippen molar-refractivity contribution in [2.24, 2.45) is 0 Å². The molecule has 112 valence electrons. The van der Waals surface area contributed by atoms with Gasteiger partial charge in [-0.3, -0.25) is 9.71 Å². The third-order valence-electron chi connectivity index (χ3n) is 3.65. The number of pyridine rings is 1. The highest BCUT2D eigenvalue weighted by Gasteiger charge is 2.27. The number of aromatic nitrogens is 1. The number of piperidine rings is 1. The van der Waals surface area contributed by atoms with Gasteiger partial charge in [0.25, 0.3) is 0 Å². The highest BCUT2D eigenvalue weighted by molar-refractivity contribution is 9.10. The van der Waals surface area contributed by atoms with Crippen LogP contribution in [0, 0.1) is 0 Å². The van der Waals surface area contributed by atoms with E-state index in [2.05, 4.69) is 31.0 Å². The number of fused-ring (bicyclic) bond motifs is 1. The van der Waals surface area contributed by atoms with Crippen LogP contribution in [0.3, 0.4) is 0 Å². The highest BCUT2D eigenvalue weighted by Crippen LogP contribution is 2.26. The first-order valence-electron chi connectivity index (χ1n) is 6.83. The van der Waals surface area contributed by atoms with E-state index in [1.165, 1.54) is 0 Å². The quantitative estimate of drug-likeness (QED) is 0.871. The van der Waals surface area contributed by atoms with Gasteiger partial charge in [-0.05, 0) is 54.0 Å². The lowest BCUT2D eigenvalue weighted by molar-refractivity contribution is 0.499. The van der Waals surface area contributed by atoms with Crippen molar-refractivity contribution in [1.82, 2.24) is 10.3 Å². The number of halogens is 1. The molecule has 1 aliphatic heterocycles. The summed E-state index contributed by atoms with van der Waals surface area (Å²) in [7, 11) is -3.38. The maximum Gasteiger partial charge on any atom is 0.235 e. The molecular weight excluding hydrogens is 354 g/mol. The van der Waals surface area contributed by atoms with Crippen LogP contribution >= 0.6 is 15.9 Å². The van der Waals surface area contributed by atoms with Gasteiger partial charge in [0.2, 0.25) is 10.0 Å². The fraction of sp³-hybridized carbons (Fsp3) is 0.357. The van der Waals surface area contributed by atoms with Crippen LogP contribution in [0.4, 0.5) is 5.69 Å². The summed E-state index contributed by atoms with van der Waals surface area (Å²) in [5.41, 5.74) is 1.21. The average molecular weight is 370 g/mol. The maximum atomic E-state index is 12.5. The molecule has 2 N–H and O–H groups in total. The van der Waals surface area contributed by atoms with E-state index in [1.54, 1.807) is 12.3 Å². The van der Waals surface area contributed by atoms with Crippen LogP contribution in [0.2, 0.25) is 0 Å². The van der Waals surface area contributed by atoms with Gasteiger partial charge in [0.05, 0.1) is 16.5 Å². The van der Waals surface area contributed by atoms with E-state index in [-0.39, 0.29) is 5.25 Å². The van der Waals surface area contributed by atoms with Gasteiger partial charge in [-0.2, -0.15) is 0 Å². The molecule has 1 fully saturated rings. The first-order valence-corrected chi connectivity index (χ1v) is 9.17. The highest BCUT2D eigenvalue weighted by atomic mass is 79.9. The molecule has 0 atom stereocenters. The molecule has 2 heterocycles. The van der Waals surface area contributed by atoms with E-state index in [0.29, 0.717) is 24.0 Å². The van der Waals surface area contributed by atoms with Crippen LogP contribution in [-0.4, -0.2) is 31.7 Å². The minimum absolute atomic E-state index is 0.343. The lowest BCUT2D eigenvalue weighted by Gasteiger charge is -2.23. The second kappa shape index (κ2) is 5.90. The van der Waals surface area contributed by atoms with Crippen molar-refractivity contribution in [3.63, 3.8) is 0 Å². The van der Waals surface area contributed by atoms with E-state index in [4.69, 9.17) is 0 Å². The molecule has 0 aliphatic carbocycles. The summed E-state index contributed by atoms with van der Waals surface area (Å²) in [5, 5.41) is 3.73. The predicted molar refractivity (Wildman–Crippen MR) is 87.9 cm³/mol. The van der Waals surface area contributed by atoms with Crippen LogP contribution in [0.25, 0.3) is 10.9 Å². The number of hydrogen-bond acceptors (Lipinski definition) is 4. The number of nitrogens with one attached hydrogen (secondary N) is 2. The van der Waals surface area contributed by atoms with E-state index >= 15 is 0 Å². The summed E-state index contributed by atoms with van der Waals surface area (Å²) in [6.07, 6.45) is 2.95. The van der Waals surface area contributed by atoms with Gasteiger partial charge in [0.1, 0.15) is 0 Å². The van der Waals surface area contributed by atoms with Gasteiger partial charge in [-0.1, -0.05) is 12.1 Å². The molecule has 1 aromatic carbocycles. The van der Waals surface area contributed by atoms with E-state index in [9.17, 15) is 8.42 Å². The number of benzene rings is 1. The molecule has 0 amide bonds. The van der Waals surface area contributed by atoms with Crippen molar-refractivity contribution in [3.05, 3.63) is 34.9 Å². The summed E-state index contributed by atoms with van der Waals surface area (Å²) >= 11 is 3.37. The molecular formula is C14H16BrN3O2S. The normalized spacial score (nSPS) is 17.0. The summed E-state index contributed by atoms with van der Waals surface area (Å²) in [4.78, 5) is 4.32. The zero-order valence-corrected chi connectivity index (χ0v) is 13.7. The number of nitrogens with zero attached hydrogens (tertiary/aromatic N) is 1. The topological polar surface area (TPSA) is 71.1 Å². The average Bonchev–Trinajstić information content (AvgIpc) is 2.48. The van der Waals surface area contributed by atoms with Crippen molar-refractivity contribution in [1.29, 1.82) is 0 Å². The third-order valence-corrected chi connectivity index (χ3v) is 5.94. The molecule has 1 saturated heterocycles. The fourth-order valence-corrected chi connectivity index (χ4v) is 4.40. The Morgan fingerprint density at radius 2 is 2.05 bits per heavy atom. The molecule has 1 aromatic heterocycles. The Hall–Kier alpha value is -1.18. The molecule has 0 bridgehead atoms. The molecule has 0 spiro atoms. The molecule has 0 saturated carbocycles. The minimum Gasteiger partial charge on any atom is -0.317 e. The zero-order valence-electron chi connectivity index (χ0n) is 11.3. The number of rotatable bonds is 3. The lowest BCUT2D eigenvalue weighted by Crippen LogP contribution is -2.38. The van der Waals surface area contributed by atoms with Crippen LogP contribution in [-0.2, 0) is 10.0 Å².